The third-order valence-corrected chi connectivity index (χ3v) is 2.97. The Kier molecular flexibility index (Phi) is 3.92. The maximum Gasteiger partial charge on any atom is 0.407 e. The van der Waals surface area contributed by atoms with E-state index in [0.29, 0.717) is 19.5 Å². The smallest absolute Gasteiger partial charge is 0.407 e. The van der Waals surface area contributed by atoms with Crippen LogP contribution in [0.15, 0.2) is 0 Å². The molecule has 0 aromatic carbocycles. The second-order valence-corrected chi connectivity index (χ2v) is 5.34. The van der Waals surface area contributed by atoms with Gasteiger partial charge >= 0.3 is 6.09 Å². The average molecular weight is 237 g/mol. The molecule has 0 unspecified atom stereocenters. The maximum atomic E-state index is 10.7. The fourth-order valence-corrected chi connectivity index (χ4v) is 2.01. The molecule has 7 heteroatoms. The molecule has 0 radical (unpaired) electrons. The average Bonchev–Trinajstić information content (AvgIpc) is 2.50. The van der Waals surface area contributed by atoms with Crippen molar-refractivity contribution in [3.63, 3.8) is 0 Å². The molecule has 0 spiro atoms. The Bertz CT molecular complexity index is 326. The summed E-state index contributed by atoms with van der Waals surface area (Å²) in [5.74, 6) is 0.211. The molecule has 1 heterocycles. The van der Waals surface area contributed by atoms with Gasteiger partial charge in [0.1, 0.15) is 0 Å². The number of carboxylic acid groups (broad SMARTS) is 1. The lowest BCUT2D eigenvalue weighted by molar-refractivity contribution is 0.153. The van der Waals surface area contributed by atoms with Gasteiger partial charge in [0.25, 0.3) is 10.1 Å². The van der Waals surface area contributed by atoms with Gasteiger partial charge in [-0.15, -0.1) is 0 Å². The highest BCUT2D eigenvalue weighted by atomic mass is 32.2. The van der Waals surface area contributed by atoms with Crippen LogP contribution in [0, 0.1) is 5.92 Å². The number of nitrogens with zero attached hydrogens (tertiary/aromatic N) is 1. The summed E-state index contributed by atoms with van der Waals surface area (Å²) in [6.45, 7) is 1.14. The Balaban J connectivity index is 2.22. The van der Waals surface area contributed by atoms with Crippen molar-refractivity contribution in [2.24, 2.45) is 5.92 Å². The molecule has 15 heavy (non-hydrogen) atoms. The van der Waals surface area contributed by atoms with Crippen LogP contribution in [-0.4, -0.2) is 50.5 Å². The first-order chi connectivity index (χ1) is 6.88. The summed E-state index contributed by atoms with van der Waals surface area (Å²) >= 11 is 0. The standard InChI is InChI=1S/C8H15NO5S/c1-15(12,13)14-5-3-7-2-4-9(6-7)8(10)11/h7H,2-6H2,1H3,(H,10,11)/t7-/m0/s1. The van der Waals surface area contributed by atoms with E-state index in [0.717, 1.165) is 12.7 Å². The van der Waals surface area contributed by atoms with Gasteiger partial charge < -0.3 is 10.0 Å². The fourth-order valence-electron chi connectivity index (χ4n) is 1.61. The molecule has 88 valence electrons. The highest BCUT2D eigenvalue weighted by molar-refractivity contribution is 7.85. The first kappa shape index (κ1) is 12.3. The lowest BCUT2D eigenvalue weighted by Gasteiger charge is -2.11. The van der Waals surface area contributed by atoms with Gasteiger partial charge in [-0.1, -0.05) is 0 Å². The quantitative estimate of drug-likeness (QED) is 0.713. The lowest BCUT2D eigenvalue weighted by Crippen LogP contribution is -2.26. The van der Waals surface area contributed by atoms with E-state index in [4.69, 9.17) is 5.11 Å². The minimum atomic E-state index is -3.38. The maximum absolute atomic E-state index is 10.7. The minimum absolute atomic E-state index is 0.136. The predicted molar refractivity (Wildman–Crippen MR) is 53.1 cm³/mol. The topological polar surface area (TPSA) is 83.9 Å². The molecule has 0 aromatic heterocycles. The van der Waals surface area contributed by atoms with Crippen molar-refractivity contribution in [3.05, 3.63) is 0 Å². The summed E-state index contributed by atoms with van der Waals surface area (Å²) in [5.41, 5.74) is 0. The highest BCUT2D eigenvalue weighted by Gasteiger charge is 2.25. The van der Waals surface area contributed by atoms with Crippen molar-refractivity contribution in [2.45, 2.75) is 12.8 Å². The van der Waals surface area contributed by atoms with Crippen LogP contribution in [0.2, 0.25) is 0 Å². The Hall–Kier alpha value is -0.820. The summed E-state index contributed by atoms with van der Waals surface area (Å²) in [7, 11) is -3.38. The number of hydrogen-bond acceptors (Lipinski definition) is 4. The number of amides is 1. The third-order valence-electron chi connectivity index (χ3n) is 2.38. The second kappa shape index (κ2) is 4.80. The molecule has 1 saturated heterocycles. The molecule has 6 nitrogen and oxygen atoms in total. The summed E-state index contributed by atoms with van der Waals surface area (Å²) in [6, 6.07) is 0. The van der Waals surface area contributed by atoms with Crippen molar-refractivity contribution in [3.8, 4) is 0 Å². The van der Waals surface area contributed by atoms with E-state index < -0.39 is 16.2 Å². The molecule has 0 saturated carbocycles. The molecule has 0 aromatic rings. The number of hydrogen-bond donors (Lipinski definition) is 1. The summed E-state index contributed by atoms with van der Waals surface area (Å²) in [6.07, 6.45) is 1.45. The van der Waals surface area contributed by atoms with Crippen LogP contribution < -0.4 is 0 Å². The molecule has 0 aliphatic carbocycles. The van der Waals surface area contributed by atoms with Crippen LogP contribution in [0.1, 0.15) is 12.8 Å². The molecule has 1 rings (SSSR count). The van der Waals surface area contributed by atoms with Crippen LogP contribution >= 0.6 is 0 Å². The Morgan fingerprint density at radius 2 is 2.27 bits per heavy atom. The largest absolute Gasteiger partial charge is 0.465 e. The molecule has 1 aliphatic rings. The molecular formula is C8H15NO5S. The van der Waals surface area contributed by atoms with E-state index >= 15 is 0 Å². The highest BCUT2D eigenvalue weighted by Crippen LogP contribution is 2.19. The van der Waals surface area contributed by atoms with Crippen molar-refractivity contribution < 1.29 is 22.5 Å². The zero-order valence-electron chi connectivity index (χ0n) is 8.55. The number of likely N-dealkylation sites (tertiary alicyclic amines) is 1. The number of rotatable bonds is 4. The molecule has 1 atom stereocenters. The van der Waals surface area contributed by atoms with Crippen molar-refractivity contribution in [2.75, 3.05) is 26.0 Å². The van der Waals surface area contributed by atoms with E-state index in [1.54, 1.807) is 0 Å². The lowest BCUT2D eigenvalue weighted by atomic mass is 10.1. The monoisotopic (exact) mass is 237 g/mol. The van der Waals surface area contributed by atoms with Crippen LogP contribution in [0.5, 0.6) is 0 Å². The predicted octanol–water partition coefficient (Wildman–Crippen LogP) is 0.353. The van der Waals surface area contributed by atoms with Crippen molar-refractivity contribution in [1.82, 2.24) is 4.90 Å². The zero-order chi connectivity index (χ0) is 11.5. The van der Waals surface area contributed by atoms with Crippen molar-refractivity contribution in [1.29, 1.82) is 0 Å². The molecule has 1 aliphatic heterocycles. The first-order valence-corrected chi connectivity index (χ1v) is 6.52. The van der Waals surface area contributed by atoms with E-state index in [2.05, 4.69) is 4.18 Å². The van der Waals surface area contributed by atoms with Gasteiger partial charge in [-0.05, 0) is 18.8 Å². The summed E-state index contributed by atoms with van der Waals surface area (Å²) in [5, 5.41) is 8.68. The van der Waals surface area contributed by atoms with E-state index in [1.165, 1.54) is 4.90 Å². The summed E-state index contributed by atoms with van der Waals surface area (Å²) in [4.78, 5) is 11.9. The SMILES string of the molecule is CS(=O)(=O)OCC[C@@H]1CCN(C(=O)O)C1. The Morgan fingerprint density at radius 3 is 2.73 bits per heavy atom. The van der Waals surface area contributed by atoms with E-state index in [-0.39, 0.29) is 12.5 Å². The van der Waals surface area contributed by atoms with Gasteiger partial charge in [0.15, 0.2) is 0 Å². The van der Waals surface area contributed by atoms with E-state index in [1.807, 2.05) is 0 Å². The van der Waals surface area contributed by atoms with Gasteiger partial charge in [0, 0.05) is 13.1 Å². The van der Waals surface area contributed by atoms with Gasteiger partial charge in [-0.25, -0.2) is 4.79 Å². The van der Waals surface area contributed by atoms with E-state index in [9.17, 15) is 13.2 Å². The van der Waals surface area contributed by atoms with Crippen LogP contribution in [0.4, 0.5) is 4.79 Å². The third kappa shape index (κ3) is 4.48. The Labute approximate surface area is 89.0 Å². The molecule has 1 fully saturated rings. The normalized spacial score (nSPS) is 21.9. The Morgan fingerprint density at radius 1 is 1.60 bits per heavy atom. The van der Waals surface area contributed by atoms with Gasteiger partial charge in [-0.3, -0.25) is 4.18 Å². The van der Waals surface area contributed by atoms with Gasteiger partial charge in [0.2, 0.25) is 0 Å². The van der Waals surface area contributed by atoms with Crippen LogP contribution in [0.3, 0.4) is 0 Å². The number of carbonyl (C=O) groups is 1. The molecule has 1 amide bonds. The van der Waals surface area contributed by atoms with Gasteiger partial charge in [0.05, 0.1) is 12.9 Å². The zero-order valence-corrected chi connectivity index (χ0v) is 9.37. The fraction of sp³-hybridized carbons (Fsp3) is 0.875. The van der Waals surface area contributed by atoms with Crippen LogP contribution in [0.25, 0.3) is 0 Å². The minimum Gasteiger partial charge on any atom is -0.465 e. The molecule has 1 N–H and O–H groups in total. The van der Waals surface area contributed by atoms with Gasteiger partial charge in [-0.2, -0.15) is 8.42 Å². The second-order valence-electron chi connectivity index (χ2n) is 3.70. The summed E-state index contributed by atoms with van der Waals surface area (Å²) < 4.78 is 25.9. The van der Waals surface area contributed by atoms with Crippen LogP contribution in [-0.2, 0) is 14.3 Å². The molecular weight excluding hydrogens is 222 g/mol. The first-order valence-electron chi connectivity index (χ1n) is 4.71. The van der Waals surface area contributed by atoms with Crippen molar-refractivity contribution >= 4 is 16.2 Å². The molecule has 0 bridgehead atoms.